The molecule has 4 nitrogen and oxygen atoms in total. The van der Waals surface area contributed by atoms with Crippen LogP contribution < -0.4 is 16.2 Å². The molecule has 19 heavy (non-hydrogen) atoms. The molecule has 106 valence electrons. The average molecular weight is 276 g/mol. The number of nitrogens with two attached hydrogens (primary N) is 2. The summed E-state index contributed by atoms with van der Waals surface area (Å²) in [7, 11) is 0. The van der Waals surface area contributed by atoms with Crippen molar-refractivity contribution in [3.8, 4) is 5.75 Å². The maximum Gasteiger partial charge on any atom is 0.417 e. The molecule has 0 spiro atoms. The van der Waals surface area contributed by atoms with E-state index in [1.807, 2.05) is 0 Å². The van der Waals surface area contributed by atoms with E-state index < -0.39 is 28.7 Å². The quantitative estimate of drug-likeness (QED) is 0.881. The second-order valence-corrected chi connectivity index (χ2v) is 4.85. The largest absolute Gasteiger partial charge is 0.492 e. The van der Waals surface area contributed by atoms with E-state index in [1.165, 1.54) is 6.07 Å². The van der Waals surface area contributed by atoms with Gasteiger partial charge in [0.25, 0.3) is 0 Å². The normalized spacial score (nSPS) is 12.3. The number of ether oxygens (including phenoxy) is 1. The van der Waals surface area contributed by atoms with E-state index in [0.717, 1.165) is 12.1 Å². The van der Waals surface area contributed by atoms with Gasteiger partial charge in [0.15, 0.2) is 0 Å². The van der Waals surface area contributed by atoms with Crippen LogP contribution in [0.3, 0.4) is 0 Å². The minimum atomic E-state index is -4.68. The van der Waals surface area contributed by atoms with Crippen molar-refractivity contribution in [3.05, 3.63) is 29.3 Å². The summed E-state index contributed by atoms with van der Waals surface area (Å²) in [5, 5.41) is 0. The number of rotatable bonds is 4. The van der Waals surface area contributed by atoms with Gasteiger partial charge < -0.3 is 16.2 Å². The fraction of sp³-hybridized carbons (Fsp3) is 0.417. The molecule has 0 atom stereocenters. The molecule has 7 heteroatoms. The van der Waals surface area contributed by atoms with Crippen LogP contribution in [-0.4, -0.2) is 18.1 Å². The van der Waals surface area contributed by atoms with Crippen LogP contribution in [0.4, 0.5) is 13.2 Å². The predicted molar refractivity (Wildman–Crippen MR) is 63.7 cm³/mol. The van der Waals surface area contributed by atoms with Gasteiger partial charge in [-0.15, -0.1) is 0 Å². The molecule has 0 aromatic heterocycles. The summed E-state index contributed by atoms with van der Waals surface area (Å²) in [6, 6.07) is 2.98. The van der Waals surface area contributed by atoms with E-state index in [-0.39, 0.29) is 12.4 Å². The second kappa shape index (κ2) is 5.08. The molecule has 0 aliphatic carbocycles. The minimum absolute atomic E-state index is 0.0177. The molecule has 1 aromatic rings. The number of amides is 1. The summed E-state index contributed by atoms with van der Waals surface area (Å²) in [6.07, 6.45) is -4.68. The first-order chi connectivity index (χ1) is 8.50. The number of carbonyl (C=O) groups excluding carboxylic acids is 1. The number of alkyl halides is 3. The summed E-state index contributed by atoms with van der Waals surface area (Å²) < 4.78 is 43.5. The van der Waals surface area contributed by atoms with Crippen LogP contribution in [0, 0.1) is 0 Å². The maximum absolute atomic E-state index is 12.8. The fourth-order valence-electron chi connectivity index (χ4n) is 1.33. The molecule has 0 unspecified atom stereocenters. The average Bonchev–Trinajstić information content (AvgIpc) is 2.23. The lowest BCUT2D eigenvalue weighted by molar-refractivity contribution is -0.138. The van der Waals surface area contributed by atoms with E-state index in [2.05, 4.69) is 0 Å². The van der Waals surface area contributed by atoms with E-state index >= 15 is 0 Å². The smallest absolute Gasteiger partial charge is 0.417 e. The van der Waals surface area contributed by atoms with Gasteiger partial charge in [0.1, 0.15) is 12.4 Å². The number of hydrogen-bond acceptors (Lipinski definition) is 3. The van der Waals surface area contributed by atoms with Gasteiger partial charge in [-0.25, -0.2) is 0 Å². The zero-order chi connectivity index (χ0) is 14.8. The first-order valence-corrected chi connectivity index (χ1v) is 5.43. The highest BCUT2D eigenvalue weighted by Crippen LogP contribution is 2.34. The van der Waals surface area contributed by atoms with Crippen LogP contribution in [-0.2, 0) is 6.18 Å². The molecule has 0 aliphatic rings. The lowest BCUT2D eigenvalue weighted by atomic mass is 10.1. The lowest BCUT2D eigenvalue weighted by Gasteiger charge is -2.20. The van der Waals surface area contributed by atoms with Crippen LogP contribution in [0.1, 0.15) is 29.8 Å². The van der Waals surface area contributed by atoms with Gasteiger partial charge in [-0.1, -0.05) is 0 Å². The Balaban J connectivity index is 3.09. The maximum atomic E-state index is 12.8. The van der Waals surface area contributed by atoms with Gasteiger partial charge in [-0.3, -0.25) is 4.79 Å². The van der Waals surface area contributed by atoms with Crippen molar-refractivity contribution in [1.29, 1.82) is 0 Å². The lowest BCUT2D eigenvalue weighted by Crippen LogP contribution is -2.38. The van der Waals surface area contributed by atoms with Crippen molar-refractivity contribution < 1.29 is 22.7 Å². The Labute approximate surface area is 108 Å². The SMILES string of the molecule is CC(C)(N)COc1ccc(C(N)=O)c(C(F)(F)F)c1. The van der Waals surface area contributed by atoms with Crippen molar-refractivity contribution in [2.45, 2.75) is 25.6 Å². The predicted octanol–water partition coefficient (Wildman–Crippen LogP) is 1.92. The number of hydrogen-bond donors (Lipinski definition) is 2. The summed E-state index contributed by atoms with van der Waals surface area (Å²) >= 11 is 0. The summed E-state index contributed by atoms with van der Waals surface area (Å²) in [5.41, 5.74) is 8.18. The summed E-state index contributed by atoms with van der Waals surface area (Å²) in [6.45, 7) is 3.39. The number of carbonyl (C=O) groups is 1. The van der Waals surface area contributed by atoms with Crippen molar-refractivity contribution in [2.24, 2.45) is 11.5 Å². The molecule has 0 radical (unpaired) electrons. The Morgan fingerprint density at radius 1 is 1.32 bits per heavy atom. The van der Waals surface area contributed by atoms with Crippen LogP contribution in [0.25, 0.3) is 0 Å². The third-order valence-electron chi connectivity index (χ3n) is 2.17. The molecule has 4 N–H and O–H groups in total. The van der Waals surface area contributed by atoms with Gasteiger partial charge in [-0.05, 0) is 32.0 Å². The molecule has 0 aliphatic heterocycles. The molecule has 1 aromatic carbocycles. The molecular formula is C12H15F3N2O2. The van der Waals surface area contributed by atoms with Crippen molar-refractivity contribution in [3.63, 3.8) is 0 Å². The molecule has 0 heterocycles. The fourth-order valence-corrected chi connectivity index (χ4v) is 1.33. The minimum Gasteiger partial charge on any atom is -0.492 e. The highest BCUT2D eigenvalue weighted by atomic mass is 19.4. The van der Waals surface area contributed by atoms with Crippen LogP contribution >= 0.6 is 0 Å². The van der Waals surface area contributed by atoms with Gasteiger partial charge >= 0.3 is 6.18 Å². The van der Waals surface area contributed by atoms with E-state index in [1.54, 1.807) is 13.8 Å². The highest BCUT2D eigenvalue weighted by molar-refractivity contribution is 5.94. The highest BCUT2D eigenvalue weighted by Gasteiger charge is 2.35. The monoisotopic (exact) mass is 276 g/mol. The zero-order valence-electron chi connectivity index (χ0n) is 10.5. The van der Waals surface area contributed by atoms with Crippen molar-refractivity contribution >= 4 is 5.91 Å². The molecule has 1 amide bonds. The van der Waals surface area contributed by atoms with Crippen molar-refractivity contribution in [2.75, 3.05) is 6.61 Å². The molecular weight excluding hydrogens is 261 g/mol. The van der Waals surface area contributed by atoms with Crippen LogP contribution in [0.15, 0.2) is 18.2 Å². The third kappa shape index (κ3) is 4.44. The number of halogens is 3. The Morgan fingerprint density at radius 3 is 2.32 bits per heavy atom. The molecule has 0 fully saturated rings. The number of benzene rings is 1. The first kappa shape index (κ1) is 15.3. The first-order valence-electron chi connectivity index (χ1n) is 5.43. The Bertz CT molecular complexity index is 479. The van der Waals surface area contributed by atoms with Gasteiger partial charge in [0, 0.05) is 5.54 Å². The Kier molecular flexibility index (Phi) is 4.09. The number of primary amides is 1. The molecule has 0 saturated carbocycles. The summed E-state index contributed by atoms with van der Waals surface area (Å²) in [4.78, 5) is 11.0. The summed E-state index contributed by atoms with van der Waals surface area (Å²) in [5.74, 6) is -1.16. The zero-order valence-corrected chi connectivity index (χ0v) is 10.5. The second-order valence-electron chi connectivity index (χ2n) is 4.85. The van der Waals surface area contributed by atoms with Gasteiger partial charge in [0.05, 0.1) is 11.1 Å². The van der Waals surface area contributed by atoms with E-state index in [0.29, 0.717) is 0 Å². The third-order valence-corrected chi connectivity index (χ3v) is 2.17. The standard InChI is InChI=1S/C12H15F3N2O2/c1-11(2,17)6-19-7-3-4-8(10(16)18)9(5-7)12(13,14)15/h3-5H,6,17H2,1-2H3,(H2,16,18). The molecule has 0 bridgehead atoms. The molecule has 0 saturated heterocycles. The van der Waals surface area contributed by atoms with Crippen molar-refractivity contribution in [1.82, 2.24) is 0 Å². The van der Waals surface area contributed by atoms with Gasteiger partial charge in [0.2, 0.25) is 5.91 Å². The van der Waals surface area contributed by atoms with Crippen LogP contribution in [0.5, 0.6) is 5.75 Å². The molecule has 1 rings (SSSR count). The Hall–Kier alpha value is -1.76. The van der Waals surface area contributed by atoms with Crippen LogP contribution in [0.2, 0.25) is 0 Å². The van der Waals surface area contributed by atoms with E-state index in [4.69, 9.17) is 16.2 Å². The Morgan fingerprint density at radius 2 is 1.89 bits per heavy atom. The van der Waals surface area contributed by atoms with Gasteiger partial charge in [-0.2, -0.15) is 13.2 Å². The topological polar surface area (TPSA) is 78.3 Å². The van der Waals surface area contributed by atoms with E-state index in [9.17, 15) is 18.0 Å².